The molecule has 94 valence electrons. The van der Waals surface area contributed by atoms with Crippen molar-refractivity contribution in [3.8, 4) is 5.75 Å². The van der Waals surface area contributed by atoms with Crippen LogP contribution in [0.2, 0.25) is 0 Å². The Morgan fingerprint density at radius 3 is 2.59 bits per heavy atom. The van der Waals surface area contributed by atoms with Gasteiger partial charge in [-0.1, -0.05) is 31.0 Å². The molecule has 0 spiro atoms. The normalized spacial score (nSPS) is 14.8. The molecule has 0 aliphatic heterocycles. The van der Waals surface area contributed by atoms with Crippen molar-refractivity contribution in [2.75, 3.05) is 19.7 Å². The molecule has 2 rings (SSSR count). The summed E-state index contributed by atoms with van der Waals surface area (Å²) >= 11 is 0. The lowest BCUT2D eigenvalue weighted by atomic mass is 10.2. The van der Waals surface area contributed by atoms with Crippen LogP contribution in [0, 0.1) is 5.92 Å². The second-order valence-electron chi connectivity index (χ2n) is 4.85. The average molecular weight is 233 g/mol. The molecule has 0 heterocycles. The standard InChI is InChI=1S/C15H23NO/c1-2-7-15(8-3-1)17-13-5-12-16-11-4-6-14-9-10-14/h1-3,7-8,14,16H,4-6,9-13H2. The molecule has 2 nitrogen and oxygen atoms in total. The Hall–Kier alpha value is -1.02. The van der Waals surface area contributed by atoms with Gasteiger partial charge in [-0.2, -0.15) is 0 Å². The summed E-state index contributed by atoms with van der Waals surface area (Å²) in [6, 6.07) is 10.0. The zero-order chi connectivity index (χ0) is 11.8. The van der Waals surface area contributed by atoms with E-state index < -0.39 is 0 Å². The van der Waals surface area contributed by atoms with Crippen molar-refractivity contribution in [2.45, 2.75) is 32.1 Å². The highest BCUT2D eigenvalue weighted by Gasteiger charge is 2.19. The molecule has 1 fully saturated rings. The minimum Gasteiger partial charge on any atom is -0.494 e. The van der Waals surface area contributed by atoms with Crippen LogP contribution in [0.3, 0.4) is 0 Å². The van der Waals surface area contributed by atoms with Crippen molar-refractivity contribution in [3.63, 3.8) is 0 Å². The monoisotopic (exact) mass is 233 g/mol. The van der Waals surface area contributed by atoms with E-state index in [-0.39, 0.29) is 0 Å². The zero-order valence-electron chi connectivity index (χ0n) is 10.5. The van der Waals surface area contributed by atoms with Gasteiger partial charge in [0.05, 0.1) is 6.61 Å². The van der Waals surface area contributed by atoms with Crippen LogP contribution in [-0.4, -0.2) is 19.7 Å². The van der Waals surface area contributed by atoms with E-state index in [4.69, 9.17) is 4.74 Å². The average Bonchev–Trinajstić information content (AvgIpc) is 3.18. The molecule has 0 radical (unpaired) electrons. The smallest absolute Gasteiger partial charge is 0.119 e. The van der Waals surface area contributed by atoms with Gasteiger partial charge in [0.15, 0.2) is 0 Å². The Morgan fingerprint density at radius 2 is 1.82 bits per heavy atom. The number of hydrogen-bond acceptors (Lipinski definition) is 2. The van der Waals surface area contributed by atoms with E-state index in [0.29, 0.717) is 0 Å². The Bertz CT molecular complexity index is 295. The van der Waals surface area contributed by atoms with Crippen molar-refractivity contribution < 1.29 is 4.74 Å². The third-order valence-corrected chi connectivity index (χ3v) is 3.17. The van der Waals surface area contributed by atoms with Crippen molar-refractivity contribution in [2.24, 2.45) is 5.92 Å². The fourth-order valence-electron chi connectivity index (χ4n) is 1.95. The van der Waals surface area contributed by atoms with Crippen LogP contribution in [0.5, 0.6) is 5.75 Å². The van der Waals surface area contributed by atoms with E-state index in [1.54, 1.807) is 0 Å². The highest BCUT2D eigenvalue weighted by molar-refractivity contribution is 5.20. The number of benzene rings is 1. The van der Waals surface area contributed by atoms with Gasteiger partial charge in [-0.3, -0.25) is 0 Å². The Kier molecular flexibility index (Phi) is 5.37. The van der Waals surface area contributed by atoms with E-state index >= 15 is 0 Å². The first-order valence-corrected chi connectivity index (χ1v) is 6.84. The number of nitrogens with one attached hydrogen (secondary N) is 1. The van der Waals surface area contributed by atoms with Gasteiger partial charge in [-0.05, 0) is 50.4 Å². The SMILES string of the molecule is c1ccc(OCCCNCCCC2CC2)cc1. The third kappa shape index (κ3) is 5.73. The van der Waals surface area contributed by atoms with Gasteiger partial charge in [-0.15, -0.1) is 0 Å². The lowest BCUT2D eigenvalue weighted by Gasteiger charge is -2.06. The summed E-state index contributed by atoms with van der Waals surface area (Å²) in [5, 5.41) is 3.47. The highest BCUT2D eigenvalue weighted by atomic mass is 16.5. The van der Waals surface area contributed by atoms with E-state index in [1.807, 2.05) is 30.3 Å². The minimum absolute atomic E-state index is 0.805. The maximum absolute atomic E-state index is 5.62. The van der Waals surface area contributed by atoms with Crippen LogP contribution >= 0.6 is 0 Å². The van der Waals surface area contributed by atoms with E-state index in [0.717, 1.165) is 31.2 Å². The van der Waals surface area contributed by atoms with Crippen molar-refractivity contribution >= 4 is 0 Å². The number of rotatable bonds is 9. The van der Waals surface area contributed by atoms with E-state index in [2.05, 4.69) is 5.32 Å². The molecule has 0 aromatic heterocycles. The maximum atomic E-state index is 5.62. The molecule has 0 atom stereocenters. The first kappa shape index (κ1) is 12.4. The van der Waals surface area contributed by atoms with Crippen LogP contribution in [0.25, 0.3) is 0 Å². The molecule has 1 aliphatic rings. The van der Waals surface area contributed by atoms with Gasteiger partial charge >= 0.3 is 0 Å². The number of ether oxygens (including phenoxy) is 1. The summed E-state index contributed by atoms with van der Waals surface area (Å²) < 4.78 is 5.62. The summed E-state index contributed by atoms with van der Waals surface area (Å²) in [5.41, 5.74) is 0. The summed E-state index contributed by atoms with van der Waals surface area (Å²) in [7, 11) is 0. The molecule has 1 aromatic carbocycles. The first-order valence-electron chi connectivity index (χ1n) is 6.84. The third-order valence-electron chi connectivity index (χ3n) is 3.17. The van der Waals surface area contributed by atoms with Crippen LogP contribution in [0.4, 0.5) is 0 Å². The van der Waals surface area contributed by atoms with Crippen LogP contribution in [0.15, 0.2) is 30.3 Å². The fraction of sp³-hybridized carbons (Fsp3) is 0.600. The second-order valence-corrected chi connectivity index (χ2v) is 4.85. The number of para-hydroxylation sites is 1. The summed E-state index contributed by atoms with van der Waals surface area (Å²) in [4.78, 5) is 0. The van der Waals surface area contributed by atoms with Gasteiger partial charge in [0.1, 0.15) is 5.75 Å². The van der Waals surface area contributed by atoms with E-state index in [1.165, 1.54) is 32.2 Å². The molecule has 1 aliphatic carbocycles. The molecule has 1 N–H and O–H groups in total. The molecule has 0 saturated heterocycles. The Balaban J connectivity index is 1.38. The van der Waals surface area contributed by atoms with Crippen LogP contribution in [0.1, 0.15) is 32.1 Å². The fourth-order valence-corrected chi connectivity index (χ4v) is 1.95. The zero-order valence-corrected chi connectivity index (χ0v) is 10.5. The predicted molar refractivity (Wildman–Crippen MR) is 71.4 cm³/mol. The molecule has 0 amide bonds. The summed E-state index contributed by atoms with van der Waals surface area (Å²) in [5.74, 6) is 2.04. The quantitative estimate of drug-likeness (QED) is 0.661. The predicted octanol–water partition coefficient (Wildman–Crippen LogP) is 3.24. The molecular formula is C15H23NO. The van der Waals surface area contributed by atoms with Gasteiger partial charge in [0.25, 0.3) is 0 Å². The molecule has 1 saturated carbocycles. The number of hydrogen-bond donors (Lipinski definition) is 1. The van der Waals surface area contributed by atoms with Gasteiger partial charge in [-0.25, -0.2) is 0 Å². The minimum atomic E-state index is 0.805. The molecule has 0 bridgehead atoms. The van der Waals surface area contributed by atoms with Crippen LogP contribution < -0.4 is 10.1 Å². The van der Waals surface area contributed by atoms with Gasteiger partial charge in [0, 0.05) is 0 Å². The molecule has 17 heavy (non-hydrogen) atoms. The van der Waals surface area contributed by atoms with Crippen molar-refractivity contribution in [3.05, 3.63) is 30.3 Å². The molecule has 2 heteroatoms. The maximum Gasteiger partial charge on any atom is 0.119 e. The molecule has 0 unspecified atom stereocenters. The summed E-state index contributed by atoms with van der Waals surface area (Å²) in [6.45, 7) is 3.04. The summed E-state index contributed by atoms with van der Waals surface area (Å²) in [6.07, 6.45) is 6.80. The van der Waals surface area contributed by atoms with Gasteiger partial charge in [0.2, 0.25) is 0 Å². The van der Waals surface area contributed by atoms with E-state index in [9.17, 15) is 0 Å². The highest BCUT2D eigenvalue weighted by Crippen LogP contribution is 2.33. The molecule has 1 aromatic rings. The lowest BCUT2D eigenvalue weighted by molar-refractivity contribution is 0.308. The van der Waals surface area contributed by atoms with Crippen LogP contribution in [-0.2, 0) is 0 Å². The second kappa shape index (κ2) is 7.33. The molecular weight excluding hydrogens is 210 g/mol. The first-order chi connectivity index (χ1) is 8.45. The lowest BCUT2D eigenvalue weighted by Crippen LogP contribution is -2.18. The van der Waals surface area contributed by atoms with Gasteiger partial charge < -0.3 is 10.1 Å². The van der Waals surface area contributed by atoms with Crippen molar-refractivity contribution in [1.82, 2.24) is 5.32 Å². The topological polar surface area (TPSA) is 21.3 Å². The van der Waals surface area contributed by atoms with Crippen molar-refractivity contribution in [1.29, 1.82) is 0 Å². The Labute approximate surface area is 104 Å². The largest absolute Gasteiger partial charge is 0.494 e. The Morgan fingerprint density at radius 1 is 1.06 bits per heavy atom.